The van der Waals surface area contributed by atoms with Crippen molar-refractivity contribution in [1.29, 1.82) is 0 Å². The van der Waals surface area contributed by atoms with Gasteiger partial charge in [-0.3, -0.25) is 4.98 Å². The minimum atomic E-state index is -0.745. The van der Waals surface area contributed by atoms with Gasteiger partial charge in [-0.15, -0.1) is 0 Å². The van der Waals surface area contributed by atoms with Crippen molar-refractivity contribution in [1.82, 2.24) is 10.3 Å². The van der Waals surface area contributed by atoms with E-state index in [1.54, 1.807) is 46.2 Å². The highest BCUT2D eigenvalue weighted by atomic mass is 16.6. The lowest BCUT2D eigenvalue weighted by Gasteiger charge is -2.22. The van der Waals surface area contributed by atoms with Gasteiger partial charge >= 0.3 is 12.0 Å². The summed E-state index contributed by atoms with van der Waals surface area (Å²) in [4.78, 5) is 28.0. The molecular weight excluding hydrogens is 294 g/mol. The molecule has 1 aromatic heterocycles. The smallest absolute Gasteiger partial charge is 0.328 e. The molecule has 0 aliphatic heterocycles. The van der Waals surface area contributed by atoms with Crippen LogP contribution in [0.15, 0.2) is 36.7 Å². The number of esters is 1. The number of aromatic nitrogens is 1. The van der Waals surface area contributed by atoms with Gasteiger partial charge < -0.3 is 15.4 Å². The zero-order valence-electron chi connectivity index (χ0n) is 13.7. The number of rotatable bonds is 3. The summed E-state index contributed by atoms with van der Waals surface area (Å²) in [7, 11) is 0. The first-order valence-corrected chi connectivity index (χ1v) is 7.39. The van der Waals surface area contributed by atoms with Crippen molar-refractivity contribution in [2.45, 2.75) is 39.3 Å². The molecule has 1 atom stereocenters. The standard InChI is InChI=1S/C17H21N3O3/c1-11(15(21)23-17(2,3)4)19-16(22)20-14-7-5-6-12-10-18-9-8-13(12)14/h5-11H,1-4H3,(H2,19,20,22)/t11-/m1/s1. The fourth-order valence-electron chi connectivity index (χ4n) is 2.04. The van der Waals surface area contributed by atoms with Crippen LogP contribution in [0, 0.1) is 0 Å². The summed E-state index contributed by atoms with van der Waals surface area (Å²) in [5.41, 5.74) is 0.0605. The molecule has 0 bridgehead atoms. The number of benzene rings is 1. The number of hydrogen-bond donors (Lipinski definition) is 2. The molecule has 122 valence electrons. The Kier molecular flexibility index (Phi) is 4.83. The predicted molar refractivity (Wildman–Crippen MR) is 89.2 cm³/mol. The number of carbonyl (C=O) groups excluding carboxylic acids is 2. The van der Waals surface area contributed by atoms with Crippen LogP contribution in [0.4, 0.5) is 10.5 Å². The van der Waals surface area contributed by atoms with Gasteiger partial charge in [-0.1, -0.05) is 12.1 Å². The molecular formula is C17H21N3O3. The number of fused-ring (bicyclic) bond motifs is 1. The van der Waals surface area contributed by atoms with Crippen LogP contribution in [0.5, 0.6) is 0 Å². The van der Waals surface area contributed by atoms with Gasteiger partial charge in [0.05, 0.1) is 5.69 Å². The summed E-state index contributed by atoms with van der Waals surface area (Å²) in [5.74, 6) is -0.477. The van der Waals surface area contributed by atoms with E-state index in [2.05, 4.69) is 15.6 Å². The molecule has 0 aliphatic rings. The molecule has 6 heteroatoms. The number of nitrogens with one attached hydrogen (secondary N) is 2. The first kappa shape index (κ1) is 16.7. The van der Waals surface area contributed by atoms with E-state index in [0.717, 1.165) is 10.8 Å². The Morgan fingerprint density at radius 1 is 1.22 bits per heavy atom. The highest BCUT2D eigenvalue weighted by Gasteiger charge is 2.23. The van der Waals surface area contributed by atoms with Gasteiger partial charge in [-0.2, -0.15) is 0 Å². The van der Waals surface area contributed by atoms with Gasteiger partial charge in [-0.05, 0) is 39.8 Å². The third kappa shape index (κ3) is 4.67. The molecule has 0 aliphatic carbocycles. The number of amides is 2. The number of hydrogen-bond acceptors (Lipinski definition) is 4. The predicted octanol–water partition coefficient (Wildman–Crippen LogP) is 3.09. The van der Waals surface area contributed by atoms with Crippen molar-refractivity contribution in [2.75, 3.05) is 5.32 Å². The van der Waals surface area contributed by atoms with E-state index < -0.39 is 23.6 Å². The van der Waals surface area contributed by atoms with E-state index in [9.17, 15) is 9.59 Å². The Morgan fingerprint density at radius 3 is 2.65 bits per heavy atom. The summed E-state index contributed by atoms with van der Waals surface area (Å²) in [6, 6.07) is 6.15. The third-order valence-corrected chi connectivity index (χ3v) is 3.04. The molecule has 1 aromatic carbocycles. The molecule has 0 saturated heterocycles. The lowest BCUT2D eigenvalue weighted by Crippen LogP contribution is -2.44. The van der Waals surface area contributed by atoms with Crippen LogP contribution in [0.3, 0.4) is 0 Å². The second kappa shape index (κ2) is 6.64. The van der Waals surface area contributed by atoms with Crippen molar-refractivity contribution < 1.29 is 14.3 Å². The normalized spacial score (nSPS) is 12.5. The monoisotopic (exact) mass is 315 g/mol. The van der Waals surface area contributed by atoms with Gasteiger partial charge in [0, 0.05) is 23.2 Å². The average molecular weight is 315 g/mol. The number of ether oxygens (including phenoxy) is 1. The Labute approximate surface area is 135 Å². The Bertz CT molecular complexity index is 717. The molecule has 0 radical (unpaired) electrons. The molecule has 2 amide bonds. The van der Waals surface area contributed by atoms with E-state index in [4.69, 9.17) is 4.74 Å². The second-order valence-electron chi connectivity index (χ2n) is 6.26. The molecule has 0 unspecified atom stereocenters. The molecule has 2 rings (SSSR count). The average Bonchev–Trinajstić information content (AvgIpc) is 2.45. The highest BCUT2D eigenvalue weighted by molar-refractivity contribution is 6.02. The van der Waals surface area contributed by atoms with Gasteiger partial charge in [0.1, 0.15) is 11.6 Å². The number of pyridine rings is 1. The highest BCUT2D eigenvalue weighted by Crippen LogP contribution is 2.21. The molecule has 6 nitrogen and oxygen atoms in total. The zero-order valence-corrected chi connectivity index (χ0v) is 13.7. The maximum Gasteiger partial charge on any atom is 0.328 e. The molecule has 23 heavy (non-hydrogen) atoms. The Hall–Kier alpha value is -2.63. The second-order valence-corrected chi connectivity index (χ2v) is 6.26. The Balaban J connectivity index is 2.03. The maximum absolute atomic E-state index is 12.1. The van der Waals surface area contributed by atoms with E-state index >= 15 is 0 Å². The van der Waals surface area contributed by atoms with Crippen LogP contribution in [-0.4, -0.2) is 28.6 Å². The quantitative estimate of drug-likeness (QED) is 0.853. The van der Waals surface area contributed by atoms with E-state index in [1.807, 2.05) is 18.2 Å². The van der Waals surface area contributed by atoms with Crippen LogP contribution < -0.4 is 10.6 Å². The molecule has 0 spiro atoms. The minimum Gasteiger partial charge on any atom is -0.458 e. The number of urea groups is 1. The number of carbonyl (C=O) groups is 2. The van der Waals surface area contributed by atoms with Crippen molar-refractivity contribution in [3.05, 3.63) is 36.7 Å². The van der Waals surface area contributed by atoms with E-state index in [1.165, 1.54) is 0 Å². The van der Waals surface area contributed by atoms with Crippen LogP contribution in [-0.2, 0) is 9.53 Å². The number of anilines is 1. The Morgan fingerprint density at radius 2 is 1.96 bits per heavy atom. The SMILES string of the molecule is C[C@@H](NC(=O)Nc1cccc2cnccc12)C(=O)OC(C)(C)C. The van der Waals surface area contributed by atoms with Crippen LogP contribution in [0.1, 0.15) is 27.7 Å². The zero-order chi connectivity index (χ0) is 17.0. The van der Waals surface area contributed by atoms with Crippen LogP contribution in [0.25, 0.3) is 10.8 Å². The van der Waals surface area contributed by atoms with E-state index in [0.29, 0.717) is 5.69 Å². The fraction of sp³-hybridized carbons (Fsp3) is 0.353. The molecule has 1 heterocycles. The van der Waals surface area contributed by atoms with Crippen molar-refractivity contribution in [3.63, 3.8) is 0 Å². The van der Waals surface area contributed by atoms with Crippen LogP contribution in [0.2, 0.25) is 0 Å². The first-order valence-electron chi connectivity index (χ1n) is 7.39. The van der Waals surface area contributed by atoms with Gasteiger partial charge in [-0.25, -0.2) is 9.59 Å². The molecule has 0 saturated carbocycles. The van der Waals surface area contributed by atoms with Gasteiger partial charge in [0.25, 0.3) is 0 Å². The first-order chi connectivity index (χ1) is 10.8. The van der Waals surface area contributed by atoms with E-state index in [-0.39, 0.29) is 0 Å². The summed E-state index contributed by atoms with van der Waals surface area (Å²) < 4.78 is 5.23. The lowest BCUT2D eigenvalue weighted by molar-refractivity contribution is -0.156. The summed E-state index contributed by atoms with van der Waals surface area (Å²) >= 11 is 0. The largest absolute Gasteiger partial charge is 0.458 e. The number of nitrogens with zero attached hydrogens (tertiary/aromatic N) is 1. The van der Waals surface area contributed by atoms with Crippen molar-refractivity contribution >= 4 is 28.5 Å². The molecule has 0 fully saturated rings. The summed E-state index contributed by atoms with van der Waals surface area (Å²) in [6.07, 6.45) is 3.39. The van der Waals surface area contributed by atoms with Gasteiger partial charge in [0.15, 0.2) is 0 Å². The minimum absolute atomic E-state index is 0.465. The molecule has 2 aromatic rings. The maximum atomic E-state index is 12.1. The summed E-state index contributed by atoms with van der Waals surface area (Å²) in [6.45, 7) is 6.92. The van der Waals surface area contributed by atoms with Gasteiger partial charge in [0.2, 0.25) is 0 Å². The summed E-state index contributed by atoms with van der Waals surface area (Å²) in [5, 5.41) is 7.12. The van der Waals surface area contributed by atoms with Crippen molar-refractivity contribution in [2.24, 2.45) is 0 Å². The van der Waals surface area contributed by atoms with Crippen molar-refractivity contribution in [3.8, 4) is 0 Å². The topological polar surface area (TPSA) is 80.3 Å². The lowest BCUT2D eigenvalue weighted by atomic mass is 10.1. The third-order valence-electron chi connectivity index (χ3n) is 3.04. The fourth-order valence-corrected chi connectivity index (χ4v) is 2.04. The molecule has 2 N–H and O–H groups in total. The van der Waals surface area contributed by atoms with Crippen LogP contribution >= 0.6 is 0 Å².